The molecule has 0 spiro atoms. The van der Waals surface area contributed by atoms with E-state index >= 15 is 0 Å². The highest BCUT2D eigenvalue weighted by Crippen LogP contribution is 1.98. The molecule has 5 heteroatoms. The van der Waals surface area contributed by atoms with E-state index in [1.54, 1.807) is 23.0 Å². The van der Waals surface area contributed by atoms with Crippen molar-refractivity contribution in [3.63, 3.8) is 0 Å². The van der Waals surface area contributed by atoms with Crippen molar-refractivity contribution >= 4 is 29.0 Å². The van der Waals surface area contributed by atoms with Gasteiger partial charge in [0, 0.05) is 19.1 Å². The maximum absolute atomic E-state index is 10.9. The summed E-state index contributed by atoms with van der Waals surface area (Å²) in [6, 6.07) is 0.323. The van der Waals surface area contributed by atoms with Crippen molar-refractivity contribution in [1.82, 2.24) is 4.90 Å². The van der Waals surface area contributed by atoms with Crippen LogP contribution in [0.3, 0.4) is 0 Å². The van der Waals surface area contributed by atoms with Crippen LogP contribution in [0.1, 0.15) is 13.8 Å². The van der Waals surface area contributed by atoms with Crippen LogP contribution in [0.25, 0.3) is 0 Å². The molecule has 0 saturated carbocycles. The first-order valence-corrected chi connectivity index (χ1v) is 4.75. The molecule has 0 radical (unpaired) electrons. The summed E-state index contributed by atoms with van der Waals surface area (Å²) in [6.07, 6.45) is 0. The number of carbonyl (C=O) groups excluding carboxylic acids is 1. The van der Waals surface area contributed by atoms with Crippen molar-refractivity contribution in [1.29, 1.82) is 0 Å². The first-order valence-electron chi connectivity index (χ1n) is 3.87. The molecule has 0 aromatic carbocycles. The molecule has 0 aliphatic carbocycles. The van der Waals surface area contributed by atoms with Gasteiger partial charge in [-0.2, -0.15) is 0 Å². The van der Waals surface area contributed by atoms with Crippen LogP contribution in [0.2, 0.25) is 0 Å². The van der Waals surface area contributed by atoms with Crippen LogP contribution < -0.4 is 5.73 Å². The zero-order chi connectivity index (χ0) is 9.56. The topological polar surface area (TPSA) is 55.6 Å². The summed E-state index contributed by atoms with van der Waals surface area (Å²) in [7, 11) is 0. The predicted molar refractivity (Wildman–Crippen MR) is 55.9 cm³/mol. The minimum atomic E-state index is -0.224. The normalized spacial score (nSPS) is 10.8. The fraction of sp³-hybridized carbons (Fsp3) is 0.857. The molecule has 0 atom stereocenters. The molecule has 0 bridgehead atoms. The Hall–Kier alpha value is 0.120. The summed E-state index contributed by atoms with van der Waals surface area (Å²) in [5.74, 6) is -0.224. The van der Waals surface area contributed by atoms with Gasteiger partial charge in [0.15, 0.2) is 23.0 Å². The monoisotopic (exact) mass is 286 g/mol. The van der Waals surface area contributed by atoms with Crippen molar-refractivity contribution in [2.45, 2.75) is 19.9 Å². The highest BCUT2D eigenvalue weighted by Gasteiger charge is 2.13. The zero-order valence-electron chi connectivity index (χ0n) is 7.42. The molecule has 0 aromatic rings. The minimum absolute atomic E-state index is 0.224. The van der Waals surface area contributed by atoms with Gasteiger partial charge in [0.2, 0.25) is 0 Å². The van der Waals surface area contributed by atoms with Crippen LogP contribution in [0.15, 0.2) is 0 Å². The third kappa shape index (κ3) is 4.89. The summed E-state index contributed by atoms with van der Waals surface area (Å²) in [5.41, 5.74) is 5.39. The van der Waals surface area contributed by atoms with Gasteiger partial charge in [0.05, 0.1) is 6.54 Å². The molecule has 2 N–H and O–H groups in total. The third-order valence-corrected chi connectivity index (χ3v) is 2.06. The fourth-order valence-electron chi connectivity index (χ4n) is 0.876. The van der Waals surface area contributed by atoms with Gasteiger partial charge >= 0.3 is 5.97 Å². The molecule has 72 valence electrons. The Balaban J connectivity index is 3.86. The van der Waals surface area contributed by atoms with Gasteiger partial charge < -0.3 is 8.80 Å². The Bertz CT molecular complexity index is 141. The SMILES string of the molecule is CC(C)N(CCN)CC(=O)OI. The Morgan fingerprint density at radius 3 is 2.58 bits per heavy atom. The van der Waals surface area contributed by atoms with E-state index < -0.39 is 0 Å². The first-order chi connectivity index (χ1) is 5.61. The largest absolute Gasteiger partial charge is 0.394 e. The van der Waals surface area contributed by atoms with Gasteiger partial charge in [0.25, 0.3) is 0 Å². The number of halogens is 1. The lowest BCUT2D eigenvalue weighted by Crippen LogP contribution is -2.39. The van der Waals surface area contributed by atoms with Crippen molar-refractivity contribution < 1.29 is 7.86 Å². The molecule has 0 aromatic heterocycles. The Morgan fingerprint density at radius 1 is 1.67 bits per heavy atom. The molecule has 0 heterocycles. The fourth-order valence-corrected chi connectivity index (χ4v) is 1.02. The Kier molecular flexibility index (Phi) is 6.68. The first kappa shape index (κ1) is 12.1. The molecule has 0 amide bonds. The van der Waals surface area contributed by atoms with E-state index in [1.807, 2.05) is 18.7 Å². The highest BCUT2D eigenvalue weighted by molar-refractivity contribution is 14.1. The standard InChI is InChI=1S/C7H15IN2O2/c1-6(2)10(4-3-9)5-7(11)12-8/h6H,3-5,9H2,1-2H3. The lowest BCUT2D eigenvalue weighted by atomic mass is 10.3. The van der Waals surface area contributed by atoms with Crippen molar-refractivity contribution in [2.75, 3.05) is 19.6 Å². The minimum Gasteiger partial charge on any atom is -0.394 e. The number of carbonyl (C=O) groups is 1. The molecular weight excluding hydrogens is 271 g/mol. The molecule has 0 saturated heterocycles. The number of hydrogen-bond acceptors (Lipinski definition) is 4. The van der Waals surface area contributed by atoms with E-state index in [0.29, 0.717) is 19.1 Å². The van der Waals surface area contributed by atoms with Gasteiger partial charge in [-0.3, -0.25) is 4.90 Å². The Morgan fingerprint density at radius 2 is 2.25 bits per heavy atom. The van der Waals surface area contributed by atoms with Gasteiger partial charge in [-0.05, 0) is 13.8 Å². The van der Waals surface area contributed by atoms with E-state index in [-0.39, 0.29) is 5.97 Å². The van der Waals surface area contributed by atoms with Crippen molar-refractivity contribution in [3.8, 4) is 0 Å². The second-order valence-corrected chi connectivity index (χ2v) is 3.24. The van der Waals surface area contributed by atoms with Crippen LogP contribution >= 0.6 is 23.0 Å². The van der Waals surface area contributed by atoms with Gasteiger partial charge in [0.1, 0.15) is 0 Å². The van der Waals surface area contributed by atoms with Crippen molar-refractivity contribution in [3.05, 3.63) is 0 Å². The molecular formula is C7H15IN2O2. The van der Waals surface area contributed by atoms with Crippen molar-refractivity contribution in [2.24, 2.45) is 5.73 Å². The molecule has 0 unspecified atom stereocenters. The summed E-state index contributed by atoms with van der Waals surface area (Å²) in [4.78, 5) is 12.9. The number of rotatable bonds is 5. The van der Waals surface area contributed by atoms with Crippen LogP contribution in [0.5, 0.6) is 0 Å². The van der Waals surface area contributed by atoms with Gasteiger partial charge in [-0.15, -0.1) is 0 Å². The van der Waals surface area contributed by atoms with Crippen LogP contribution in [0.4, 0.5) is 0 Å². The molecule has 0 aliphatic rings. The number of nitrogens with zero attached hydrogens (tertiary/aromatic N) is 1. The van der Waals surface area contributed by atoms with E-state index in [1.165, 1.54) is 0 Å². The average molecular weight is 286 g/mol. The molecule has 0 aliphatic heterocycles. The lowest BCUT2D eigenvalue weighted by Gasteiger charge is -2.23. The quantitative estimate of drug-likeness (QED) is 0.750. The van der Waals surface area contributed by atoms with E-state index in [4.69, 9.17) is 5.73 Å². The zero-order valence-corrected chi connectivity index (χ0v) is 9.58. The van der Waals surface area contributed by atoms with Crippen LogP contribution in [-0.4, -0.2) is 36.5 Å². The second kappa shape index (κ2) is 6.62. The summed E-state index contributed by atoms with van der Waals surface area (Å²) in [5, 5.41) is 0. The van der Waals surface area contributed by atoms with Crippen LogP contribution in [0, 0.1) is 0 Å². The highest BCUT2D eigenvalue weighted by atomic mass is 127. The average Bonchev–Trinajstić information content (AvgIpc) is 2.03. The molecule has 0 fully saturated rings. The van der Waals surface area contributed by atoms with E-state index in [9.17, 15) is 4.79 Å². The van der Waals surface area contributed by atoms with Crippen LogP contribution in [-0.2, 0) is 7.86 Å². The predicted octanol–water partition coefficient (Wildman–Crippen LogP) is 0.549. The van der Waals surface area contributed by atoms with Gasteiger partial charge in [-0.25, -0.2) is 4.79 Å². The maximum atomic E-state index is 10.9. The number of hydrogen-bond donors (Lipinski definition) is 1. The van der Waals surface area contributed by atoms with Gasteiger partial charge in [-0.1, -0.05) is 0 Å². The second-order valence-electron chi connectivity index (χ2n) is 2.80. The molecule has 12 heavy (non-hydrogen) atoms. The lowest BCUT2D eigenvalue weighted by molar-refractivity contribution is -0.133. The molecule has 0 rings (SSSR count). The third-order valence-electron chi connectivity index (χ3n) is 1.56. The van der Waals surface area contributed by atoms with E-state index in [2.05, 4.69) is 3.07 Å². The smallest absolute Gasteiger partial charge is 0.329 e. The Labute approximate surface area is 87.1 Å². The maximum Gasteiger partial charge on any atom is 0.329 e. The summed E-state index contributed by atoms with van der Waals surface area (Å²) >= 11 is 1.59. The number of nitrogens with two attached hydrogens (primary N) is 1. The summed E-state index contributed by atoms with van der Waals surface area (Å²) < 4.78 is 4.53. The molecule has 4 nitrogen and oxygen atoms in total. The summed E-state index contributed by atoms with van der Waals surface area (Å²) in [6.45, 7) is 5.65. The van der Waals surface area contributed by atoms with E-state index in [0.717, 1.165) is 6.54 Å².